The Kier molecular flexibility index (Phi) is 11.9. The van der Waals surface area contributed by atoms with Crippen LogP contribution >= 0.6 is 35.0 Å². The van der Waals surface area contributed by atoms with Crippen molar-refractivity contribution in [3.8, 4) is 11.5 Å². The summed E-state index contributed by atoms with van der Waals surface area (Å²) in [5, 5.41) is 8.83. The van der Waals surface area contributed by atoms with Gasteiger partial charge in [-0.05, 0) is 78.7 Å². The molecular weight excluding hydrogens is 633 g/mol. The van der Waals surface area contributed by atoms with Gasteiger partial charge in [-0.2, -0.15) is 0 Å². The summed E-state index contributed by atoms with van der Waals surface area (Å²) in [5.41, 5.74) is 1.92. The number of hydrogen-bond acceptors (Lipinski definition) is 6. The van der Waals surface area contributed by atoms with Crippen LogP contribution in [0.1, 0.15) is 29.3 Å². The number of carbonyl (C=O) groups excluding carboxylic acids is 3. The molecule has 0 aliphatic carbocycles. The SMILES string of the molecule is CCC(Sc1cccc(NC(=O)/C(=C\c2ccc(OC)c(OC)c2)NC(=O)c2ccccc2)c1)C(=O)Nc1cc(Cl)ccc1Cl. The van der Waals surface area contributed by atoms with Crippen molar-refractivity contribution in [2.24, 2.45) is 0 Å². The fourth-order valence-electron chi connectivity index (χ4n) is 4.19. The van der Waals surface area contributed by atoms with Crippen LogP contribution in [0.3, 0.4) is 0 Å². The summed E-state index contributed by atoms with van der Waals surface area (Å²) >= 11 is 13.6. The van der Waals surface area contributed by atoms with Crippen LogP contribution in [0, 0.1) is 0 Å². The molecule has 3 amide bonds. The smallest absolute Gasteiger partial charge is 0.272 e. The van der Waals surface area contributed by atoms with Crippen LogP contribution in [-0.2, 0) is 9.59 Å². The van der Waals surface area contributed by atoms with Crippen LogP contribution in [0.25, 0.3) is 6.08 Å². The Morgan fingerprint density at radius 3 is 2.31 bits per heavy atom. The van der Waals surface area contributed by atoms with Crippen LogP contribution in [0.4, 0.5) is 11.4 Å². The molecule has 0 aliphatic heterocycles. The molecule has 0 aliphatic rings. The first-order chi connectivity index (χ1) is 21.7. The molecule has 0 aromatic heterocycles. The van der Waals surface area contributed by atoms with Crippen molar-refractivity contribution in [1.29, 1.82) is 0 Å². The molecule has 4 aromatic rings. The van der Waals surface area contributed by atoms with Gasteiger partial charge in [0.2, 0.25) is 5.91 Å². The Balaban J connectivity index is 1.54. The Bertz CT molecular complexity index is 1720. The number of halogens is 2. The molecule has 1 unspecified atom stereocenters. The Morgan fingerprint density at radius 2 is 1.60 bits per heavy atom. The number of anilines is 2. The molecule has 0 radical (unpaired) electrons. The van der Waals surface area contributed by atoms with E-state index in [1.54, 1.807) is 91.0 Å². The number of rotatable bonds is 12. The van der Waals surface area contributed by atoms with Gasteiger partial charge in [-0.1, -0.05) is 60.5 Å². The first-order valence-corrected chi connectivity index (χ1v) is 15.5. The lowest BCUT2D eigenvalue weighted by atomic mass is 10.1. The summed E-state index contributed by atoms with van der Waals surface area (Å²) in [6.45, 7) is 1.91. The van der Waals surface area contributed by atoms with E-state index in [0.29, 0.717) is 50.5 Å². The van der Waals surface area contributed by atoms with E-state index in [1.807, 2.05) is 13.0 Å². The van der Waals surface area contributed by atoms with Crippen LogP contribution in [0.15, 0.2) is 102 Å². The molecule has 0 saturated heterocycles. The lowest BCUT2D eigenvalue weighted by Gasteiger charge is -2.16. The maximum atomic E-state index is 13.6. The quantitative estimate of drug-likeness (QED) is 0.105. The molecule has 4 rings (SSSR count). The third-order valence-electron chi connectivity index (χ3n) is 6.47. The summed E-state index contributed by atoms with van der Waals surface area (Å²) in [4.78, 5) is 40.4. The fraction of sp³-hybridized carbons (Fsp3) is 0.147. The number of methoxy groups -OCH3 is 2. The minimum atomic E-state index is -0.545. The second-order valence-corrected chi connectivity index (χ2v) is 11.7. The standard InChI is InChI=1S/C34H31Cl2N3O5S/c1-4-31(34(42)38-27-19-23(35)14-15-26(27)36)45-25-12-8-11-24(20-25)37-33(41)28(39-32(40)22-9-6-5-7-10-22)17-21-13-16-29(43-2)30(18-21)44-3/h5-20,31H,4H2,1-3H3,(H,37,41)(H,38,42)(H,39,40)/b28-17+. The molecule has 1 atom stereocenters. The fourth-order valence-corrected chi connectivity index (χ4v) is 5.54. The summed E-state index contributed by atoms with van der Waals surface area (Å²) in [5.74, 6) is -0.227. The van der Waals surface area contributed by atoms with Crippen molar-refractivity contribution in [2.75, 3.05) is 24.9 Å². The highest BCUT2D eigenvalue weighted by Gasteiger charge is 2.20. The second-order valence-electron chi connectivity index (χ2n) is 9.60. The number of carbonyl (C=O) groups is 3. The van der Waals surface area contributed by atoms with E-state index < -0.39 is 17.1 Å². The third-order valence-corrected chi connectivity index (χ3v) is 8.39. The number of nitrogens with one attached hydrogen (secondary N) is 3. The molecule has 11 heteroatoms. The van der Waals surface area contributed by atoms with Gasteiger partial charge in [0.15, 0.2) is 11.5 Å². The van der Waals surface area contributed by atoms with Gasteiger partial charge in [-0.25, -0.2) is 0 Å². The highest BCUT2D eigenvalue weighted by molar-refractivity contribution is 8.00. The first kappa shape index (κ1) is 33.5. The Hall–Kier alpha value is -4.44. The number of ether oxygens (including phenoxy) is 2. The number of thioether (sulfide) groups is 1. The minimum Gasteiger partial charge on any atom is -0.493 e. The molecule has 3 N–H and O–H groups in total. The normalized spacial score (nSPS) is 11.7. The third kappa shape index (κ3) is 9.28. The van der Waals surface area contributed by atoms with E-state index in [4.69, 9.17) is 32.7 Å². The van der Waals surface area contributed by atoms with E-state index in [9.17, 15) is 14.4 Å². The maximum Gasteiger partial charge on any atom is 0.272 e. The van der Waals surface area contributed by atoms with Gasteiger partial charge in [0.1, 0.15) is 5.70 Å². The van der Waals surface area contributed by atoms with Crippen LogP contribution in [0.2, 0.25) is 10.0 Å². The topological polar surface area (TPSA) is 106 Å². The molecule has 4 aromatic carbocycles. The molecule has 0 spiro atoms. The molecule has 232 valence electrons. The highest BCUT2D eigenvalue weighted by atomic mass is 35.5. The zero-order chi connectivity index (χ0) is 32.3. The lowest BCUT2D eigenvalue weighted by molar-refractivity contribution is -0.116. The number of hydrogen-bond donors (Lipinski definition) is 3. The van der Waals surface area contributed by atoms with Gasteiger partial charge in [0, 0.05) is 21.2 Å². The predicted molar refractivity (Wildman–Crippen MR) is 182 cm³/mol. The Labute approximate surface area is 276 Å². The van der Waals surface area contributed by atoms with E-state index >= 15 is 0 Å². The maximum absolute atomic E-state index is 13.6. The van der Waals surface area contributed by atoms with Gasteiger partial charge in [-0.3, -0.25) is 14.4 Å². The van der Waals surface area contributed by atoms with Crippen LogP contribution in [0.5, 0.6) is 11.5 Å². The van der Waals surface area contributed by atoms with E-state index in [2.05, 4.69) is 16.0 Å². The second kappa shape index (κ2) is 16.0. The van der Waals surface area contributed by atoms with Crippen molar-refractivity contribution in [2.45, 2.75) is 23.5 Å². The average Bonchev–Trinajstić information content (AvgIpc) is 3.05. The minimum absolute atomic E-state index is 0.0124. The molecule has 0 heterocycles. The van der Waals surface area contributed by atoms with Crippen molar-refractivity contribution < 1.29 is 23.9 Å². The zero-order valence-corrected chi connectivity index (χ0v) is 27.1. The van der Waals surface area contributed by atoms with Crippen molar-refractivity contribution in [3.05, 3.63) is 118 Å². The largest absolute Gasteiger partial charge is 0.493 e. The Morgan fingerprint density at radius 1 is 0.844 bits per heavy atom. The zero-order valence-electron chi connectivity index (χ0n) is 24.7. The number of benzene rings is 4. The molecule has 0 fully saturated rings. The van der Waals surface area contributed by atoms with E-state index in [-0.39, 0.29) is 11.6 Å². The van der Waals surface area contributed by atoms with Crippen molar-refractivity contribution in [3.63, 3.8) is 0 Å². The van der Waals surface area contributed by atoms with Gasteiger partial charge in [0.05, 0.1) is 30.2 Å². The summed E-state index contributed by atoms with van der Waals surface area (Å²) in [7, 11) is 3.04. The van der Waals surface area contributed by atoms with Crippen LogP contribution < -0.4 is 25.4 Å². The molecular formula is C34H31Cl2N3O5S. The highest BCUT2D eigenvalue weighted by Crippen LogP contribution is 2.31. The summed E-state index contributed by atoms with van der Waals surface area (Å²) in [6, 6.07) is 25.7. The molecule has 0 bridgehead atoms. The number of amides is 3. The van der Waals surface area contributed by atoms with Crippen molar-refractivity contribution in [1.82, 2.24) is 5.32 Å². The van der Waals surface area contributed by atoms with E-state index in [1.165, 1.54) is 26.0 Å². The van der Waals surface area contributed by atoms with E-state index in [0.717, 1.165) is 4.90 Å². The van der Waals surface area contributed by atoms with Gasteiger partial charge >= 0.3 is 0 Å². The van der Waals surface area contributed by atoms with Gasteiger partial charge < -0.3 is 25.4 Å². The molecule has 0 saturated carbocycles. The lowest BCUT2D eigenvalue weighted by Crippen LogP contribution is -2.30. The summed E-state index contributed by atoms with van der Waals surface area (Å²) < 4.78 is 10.7. The summed E-state index contributed by atoms with van der Waals surface area (Å²) in [6.07, 6.45) is 2.09. The first-order valence-electron chi connectivity index (χ1n) is 13.8. The predicted octanol–water partition coefficient (Wildman–Crippen LogP) is 7.93. The van der Waals surface area contributed by atoms with Gasteiger partial charge in [0.25, 0.3) is 11.8 Å². The molecule has 45 heavy (non-hydrogen) atoms. The average molecular weight is 665 g/mol. The monoisotopic (exact) mass is 663 g/mol. The van der Waals surface area contributed by atoms with Crippen molar-refractivity contribution >= 4 is 70.1 Å². The van der Waals surface area contributed by atoms with Gasteiger partial charge in [-0.15, -0.1) is 11.8 Å². The van der Waals surface area contributed by atoms with Crippen LogP contribution in [-0.4, -0.2) is 37.2 Å². The molecule has 8 nitrogen and oxygen atoms in total.